The SMILES string of the molecule is CNC(c1ccco1)c1cc(OC)c(OC)cc1Br. The predicted octanol–water partition coefficient (Wildman–Crippen LogP) is 3.37. The molecular formula is C14H16BrNO3. The number of furan rings is 1. The zero-order chi connectivity index (χ0) is 13.8. The zero-order valence-electron chi connectivity index (χ0n) is 11.1. The van der Waals surface area contributed by atoms with Gasteiger partial charge in [0.15, 0.2) is 11.5 Å². The third-order valence-corrected chi connectivity index (χ3v) is 3.62. The molecule has 0 spiro atoms. The van der Waals surface area contributed by atoms with Gasteiger partial charge in [-0.3, -0.25) is 0 Å². The van der Waals surface area contributed by atoms with Gasteiger partial charge in [0, 0.05) is 4.47 Å². The molecule has 0 amide bonds. The van der Waals surface area contributed by atoms with E-state index >= 15 is 0 Å². The van der Waals surface area contributed by atoms with Crippen LogP contribution in [0.3, 0.4) is 0 Å². The van der Waals surface area contributed by atoms with Crippen LogP contribution < -0.4 is 14.8 Å². The van der Waals surface area contributed by atoms with Crippen LogP contribution in [0.2, 0.25) is 0 Å². The van der Waals surface area contributed by atoms with Crippen LogP contribution in [-0.2, 0) is 0 Å². The molecule has 0 radical (unpaired) electrons. The van der Waals surface area contributed by atoms with Gasteiger partial charge in [0.2, 0.25) is 0 Å². The largest absolute Gasteiger partial charge is 0.493 e. The highest BCUT2D eigenvalue weighted by atomic mass is 79.9. The number of hydrogen-bond donors (Lipinski definition) is 1. The first-order valence-electron chi connectivity index (χ1n) is 5.83. The molecule has 19 heavy (non-hydrogen) atoms. The summed E-state index contributed by atoms with van der Waals surface area (Å²) in [5, 5.41) is 3.23. The fourth-order valence-corrected chi connectivity index (χ4v) is 2.55. The van der Waals surface area contributed by atoms with Crippen molar-refractivity contribution >= 4 is 15.9 Å². The Morgan fingerprint density at radius 3 is 2.42 bits per heavy atom. The number of hydrogen-bond acceptors (Lipinski definition) is 4. The molecule has 0 saturated carbocycles. The summed E-state index contributed by atoms with van der Waals surface area (Å²) in [4.78, 5) is 0. The molecule has 0 aliphatic carbocycles. The van der Waals surface area contributed by atoms with Gasteiger partial charge in [-0.25, -0.2) is 0 Å². The summed E-state index contributed by atoms with van der Waals surface area (Å²) in [6.45, 7) is 0. The molecule has 1 N–H and O–H groups in total. The summed E-state index contributed by atoms with van der Waals surface area (Å²) in [5.41, 5.74) is 1.02. The quantitative estimate of drug-likeness (QED) is 0.915. The van der Waals surface area contributed by atoms with Crippen LogP contribution >= 0.6 is 15.9 Å². The second kappa shape index (κ2) is 6.12. The summed E-state index contributed by atoms with van der Waals surface area (Å²) in [6.07, 6.45) is 1.66. The van der Waals surface area contributed by atoms with Crippen molar-refractivity contribution in [2.45, 2.75) is 6.04 Å². The van der Waals surface area contributed by atoms with Crippen molar-refractivity contribution in [2.24, 2.45) is 0 Å². The molecule has 0 aliphatic rings. The van der Waals surface area contributed by atoms with Crippen molar-refractivity contribution in [1.82, 2.24) is 5.32 Å². The molecule has 102 valence electrons. The zero-order valence-corrected chi connectivity index (χ0v) is 12.7. The molecular weight excluding hydrogens is 310 g/mol. The predicted molar refractivity (Wildman–Crippen MR) is 76.9 cm³/mol. The van der Waals surface area contributed by atoms with Gasteiger partial charge in [-0.05, 0) is 36.9 Å². The minimum Gasteiger partial charge on any atom is -0.493 e. The van der Waals surface area contributed by atoms with Crippen molar-refractivity contribution in [2.75, 3.05) is 21.3 Å². The molecule has 0 aliphatic heterocycles. The first-order valence-corrected chi connectivity index (χ1v) is 6.62. The van der Waals surface area contributed by atoms with E-state index in [1.165, 1.54) is 0 Å². The van der Waals surface area contributed by atoms with Gasteiger partial charge in [0.05, 0.1) is 26.5 Å². The number of benzene rings is 1. The van der Waals surface area contributed by atoms with Crippen LogP contribution in [0.25, 0.3) is 0 Å². The van der Waals surface area contributed by atoms with Gasteiger partial charge in [-0.1, -0.05) is 15.9 Å². The van der Waals surface area contributed by atoms with Crippen molar-refractivity contribution in [3.8, 4) is 11.5 Å². The third-order valence-electron chi connectivity index (χ3n) is 2.93. The molecule has 1 aromatic heterocycles. The van der Waals surface area contributed by atoms with E-state index in [0.717, 1.165) is 15.8 Å². The lowest BCUT2D eigenvalue weighted by Gasteiger charge is -2.18. The Morgan fingerprint density at radius 2 is 1.89 bits per heavy atom. The third kappa shape index (κ3) is 2.77. The molecule has 1 aromatic carbocycles. The van der Waals surface area contributed by atoms with Crippen LogP contribution in [0.15, 0.2) is 39.4 Å². The van der Waals surface area contributed by atoms with Crippen LogP contribution in [0.4, 0.5) is 0 Å². The van der Waals surface area contributed by atoms with Crippen LogP contribution in [0, 0.1) is 0 Å². The van der Waals surface area contributed by atoms with Crippen LogP contribution in [-0.4, -0.2) is 21.3 Å². The van der Waals surface area contributed by atoms with Gasteiger partial charge < -0.3 is 19.2 Å². The molecule has 1 heterocycles. The molecule has 2 aromatic rings. The summed E-state index contributed by atoms with van der Waals surface area (Å²) in [6, 6.07) is 7.58. The van der Waals surface area contributed by atoms with Crippen molar-refractivity contribution in [1.29, 1.82) is 0 Å². The highest BCUT2D eigenvalue weighted by Crippen LogP contribution is 2.37. The molecule has 1 atom stereocenters. The van der Waals surface area contributed by atoms with Crippen LogP contribution in [0.5, 0.6) is 11.5 Å². The molecule has 2 rings (SSSR count). The number of halogens is 1. The monoisotopic (exact) mass is 325 g/mol. The van der Waals surface area contributed by atoms with Gasteiger partial charge in [0.1, 0.15) is 5.76 Å². The van der Waals surface area contributed by atoms with E-state index < -0.39 is 0 Å². The van der Waals surface area contributed by atoms with Crippen LogP contribution in [0.1, 0.15) is 17.4 Å². The summed E-state index contributed by atoms with van der Waals surface area (Å²) >= 11 is 3.56. The van der Waals surface area contributed by atoms with E-state index in [0.29, 0.717) is 11.5 Å². The number of rotatable bonds is 5. The van der Waals surface area contributed by atoms with Gasteiger partial charge in [-0.2, -0.15) is 0 Å². The molecule has 0 bridgehead atoms. The molecule has 4 nitrogen and oxygen atoms in total. The smallest absolute Gasteiger partial charge is 0.161 e. The van der Waals surface area contributed by atoms with Crippen molar-refractivity contribution in [3.05, 3.63) is 46.3 Å². The van der Waals surface area contributed by atoms with E-state index in [4.69, 9.17) is 13.9 Å². The van der Waals surface area contributed by atoms with Gasteiger partial charge in [0.25, 0.3) is 0 Å². The second-order valence-corrected chi connectivity index (χ2v) is 4.82. The van der Waals surface area contributed by atoms with Crippen molar-refractivity contribution < 1.29 is 13.9 Å². The Hall–Kier alpha value is -1.46. The Balaban J connectivity index is 2.48. The van der Waals surface area contributed by atoms with E-state index in [-0.39, 0.29) is 6.04 Å². The molecule has 5 heteroatoms. The summed E-state index contributed by atoms with van der Waals surface area (Å²) < 4.78 is 17.0. The first kappa shape index (κ1) is 14.0. The number of methoxy groups -OCH3 is 2. The Labute approximate surface area is 120 Å². The Kier molecular flexibility index (Phi) is 4.50. The Bertz CT molecular complexity index is 540. The van der Waals surface area contributed by atoms with E-state index in [9.17, 15) is 0 Å². The Morgan fingerprint density at radius 1 is 1.21 bits per heavy atom. The lowest BCUT2D eigenvalue weighted by molar-refractivity contribution is 0.353. The maximum Gasteiger partial charge on any atom is 0.161 e. The fraction of sp³-hybridized carbons (Fsp3) is 0.286. The summed E-state index contributed by atoms with van der Waals surface area (Å²) in [5.74, 6) is 2.22. The van der Waals surface area contributed by atoms with Gasteiger partial charge in [-0.15, -0.1) is 0 Å². The minimum absolute atomic E-state index is 0.0517. The van der Waals surface area contributed by atoms with Gasteiger partial charge >= 0.3 is 0 Å². The molecule has 1 unspecified atom stereocenters. The van der Waals surface area contributed by atoms with Crippen molar-refractivity contribution in [3.63, 3.8) is 0 Å². The lowest BCUT2D eigenvalue weighted by Crippen LogP contribution is -2.17. The average molecular weight is 326 g/mol. The standard InChI is InChI=1S/C14H16BrNO3/c1-16-14(11-5-4-6-19-11)9-7-12(17-2)13(18-3)8-10(9)15/h4-8,14,16H,1-3H3. The number of ether oxygens (including phenoxy) is 2. The maximum absolute atomic E-state index is 5.47. The van der Waals surface area contributed by atoms with E-state index in [2.05, 4.69) is 21.2 Å². The molecule has 0 saturated heterocycles. The topological polar surface area (TPSA) is 43.6 Å². The second-order valence-electron chi connectivity index (χ2n) is 3.97. The normalized spacial score (nSPS) is 12.2. The average Bonchev–Trinajstić information content (AvgIpc) is 2.94. The summed E-state index contributed by atoms with van der Waals surface area (Å²) in [7, 11) is 5.12. The van der Waals surface area contributed by atoms with E-state index in [1.54, 1.807) is 20.5 Å². The fourth-order valence-electron chi connectivity index (χ4n) is 2.00. The van der Waals surface area contributed by atoms with E-state index in [1.807, 2.05) is 31.3 Å². The first-order chi connectivity index (χ1) is 9.21. The number of nitrogens with one attached hydrogen (secondary N) is 1. The lowest BCUT2D eigenvalue weighted by atomic mass is 10.0. The highest BCUT2D eigenvalue weighted by molar-refractivity contribution is 9.10. The highest BCUT2D eigenvalue weighted by Gasteiger charge is 2.20. The minimum atomic E-state index is -0.0517. The maximum atomic E-state index is 5.47. The molecule has 0 fully saturated rings.